The molecular formula is C15H15NO3. The number of anilines is 1. The van der Waals surface area contributed by atoms with E-state index < -0.39 is 0 Å². The maximum absolute atomic E-state index is 11.3. The van der Waals surface area contributed by atoms with E-state index in [0.717, 1.165) is 5.56 Å². The largest absolute Gasteiger partial charge is 0.507 e. The predicted molar refractivity (Wildman–Crippen MR) is 73.3 cm³/mol. The van der Waals surface area contributed by atoms with Crippen molar-refractivity contribution in [2.24, 2.45) is 0 Å². The van der Waals surface area contributed by atoms with Gasteiger partial charge in [-0.2, -0.15) is 0 Å². The van der Waals surface area contributed by atoms with Gasteiger partial charge in [-0.1, -0.05) is 30.3 Å². The molecule has 0 atom stereocenters. The third-order valence-electron chi connectivity index (χ3n) is 2.74. The zero-order chi connectivity index (χ0) is 13.8. The van der Waals surface area contributed by atoms with Gasteiger partial charge >= 0.3 is 0 Å². The summed E-state index contributed by atoms with van der Waals surface area (Å²) >= 11 is 0. The minimum absolute atomic E-state index is 0.121. The minimum atomic E-state index is -0.237. The minimum Gasteiger partial charge on any atom is -0.507 e. The number of nitrogens with two attached hydrogens (primary N) is 1. The molecule has 0 aromatic heterocycles. The van der Waals surface area contributed by atoms with Crippen LogP contribution in [0.15, 0.2) is 42.5 Å². The van der Waals surface area contributed by atoms with Gasteiger partial charge in [0.1, 0.15) is 18.1 Å². The summed E-state index contributed by atoms with van der Waals surface area (Å²) in [5.41, 5.74) is 7.33. The van der Waals surface area contributed by atoms with Crippen molar-refractivity contribution in [2.45, 2.75) is 13.5 Å². The molecule has 0 aliphatic rings. The van der Waals surface area contributed by atoms with Crippen LogP contribution in [0.2, 0.25) is 0 Å². The number of rotatable bonds is 4. The van der Waals surface area contributed by atoms with Crippen molar-refractivity contribution in [3.8, 4) is 11.5 Å². The van der Waals surface area contributed by atoms with Crippen molar-refractivity contribution in [1.29, 1.82) is 0 Å². The van der Waals surface area contributed by atoms with Gasteiger partial charge in [-0.05, 0) is 18.6 Å². The molecule has 4 heteroatoms. The molecule has 2 rings (SSSR count). The summed E-state index contributed by atoms with van der Waals surface area (Å²) in [6.07, 6.45) is 0. The van der Waals surface area contributed by atoms with Crippen LogP contribution < -0.4 is 10.5 Å². The average molecular weight is 257 g/mol. The Labute approximate surface area is 111 Å². The van der Waals surface area contributed by atoms with E-state index in [4.69, 9.17) is 10.5 Å². The highest BCUT2D eigenvalue weighted by Crippen LogP contribution is 2.31. The second kappa shape index (κ2) is 5.44. The van der Waals surface area contributed by atoms with Gasteiger partial charge in [0, 0.05) is 6.07 Å². The first-order valence-electron chi connectivity index (χ1n) is 5.88. The second-order valence-corrected chi connectivity index (χ2v) is 4.24. The van der Waals surface area contributed by atoms with E-state index in [1.807, 2.05) is 30.3 Å². The molecule has 2 aromatic carbocycles. The number of phenolic OH excluding ortho intramolecular Hbond substituents is 1. The van der Waals surface area contributed by atoms with Crippen molar-refractivity contribution in [3.63, 3.8) is 0 Å². The lowest BCUT2D eigenvalue weighted by Gasteiger charge is -2.11. The molecule has 98 valence electrons. The number of phenols is 1. The molecule has 4 nitrogen and oxygen atoms in total. The first-order chi connectivity index (χ1) is 9.08. The number of aromatic hydroxyl groups is 1. The number of hydrogen-bond acceptors (Lipinski definition) is 4. The van der Waals surface area contributed by atoms with E-state index in [1.165, 1.54) is 19.1 Å². The molecule has 0 radical (unpaired) electrons. The first-order valence-corrected chi connectivity index (χ1v) is 5.88. The highest BCUT2D eigenvalue weighted by Gasteiger charge is 2.11. The molecule has 0 aliphatic carbocycles. The smallest absolute Gasteiger partial charge is 0.163 e. The molecule has 19 heavy (non-hydrogen) atoms. The summed E-state index contributed by atoms with van der Waals surface area (Å²) in [5, 5.41) is 9.73. The van der Waals surface area contributed by atoms with Crippen LogP contribution >= 0.6 is 0 Å². The molecule has 0 bridgehead atoms. The first kappa shape index (κ1) is 13.0. The van der Waals surface area contributed by atoms with Crippen LogP contribution in [0.25, 0.3) is 0 Å². The van der Waals surface area contributed by atoms with Crippen molar-refractivity contribution in [1.82, 2.24) is 0 Å². The number of hydrogen-bond donors (Lipinski definition) is 2. The Balaban J connectivity index is 2.17. The van der Waals surface area contributed by atoms with Crippen molar-refractivity contribution in [3.05, 3.63) is 53.6 Å². The normalized spacial score (nSPS) is 10.2. The maximum atomic E-state index is 11.3. The fourth-order valence-corrected chi connectivity index (χ4v) is 1.73. The zero-order valence-electron chi connectivity index (χ0n) is 10.6. The molecular weight excluding hydrogens is 242 g/mol. The maximum Gasteiger partial charge on any atom is 0.163 e. The topological polar surface area (TPSA) is 72.6 Å². The standard InChI is InChI=1S/C15H15NO3/c1-10(17)12-7-13(16)15(8-14(12)18)19-9-11-5-3-2-4-6-11/h2-8,18H,9,16H2,1H3. The molecule has 0 spiro atoms. The third kappa shape index (κ3) is 3.04. The van der Waals surface area contributed by atoms with Gasteiger partial charge < -0.3 is 15.6 Å². The van der Waals surface area contributed by atoms with E-state index >= 15 is 0 Å². The van der Waals surface area contributed by atoms with Crippen molar-refractivity contribution in [2.75, 3.05) is 5.73 Å². The quantitative estimate of drug-likeness (QED) is 0.502. The number of ketones is 1. The molecule has 0 saturated heterocycles. The average Bonchev–Trinajstić information content (AvgIpc) is 2.40. The summed E-state index contributed by atoms with van der Waals surface area (Å²) < 4.78 is 5.54. The molecule has 2 aromatic rings. The fourth-order valence-electron chi connectivity index (χ4n) is 1.73. The summed E-state index contributed by atoms with van der Waals surface area (Å²) in [6.45, 7) is 1.73. The van der Waals surface area contributed by atoms with Crippen LogP contribution in [0, 0.1) is 0 Å². The van der Waals surface area contributed by atoms with E-state index in [9.17, 15) is 9.90 Å². The summed E-state index contributed by atoms with van der Waals surface area (Å²) in [5.74, 6) is 0.00919. The Morgan fingerprint density at radius 2 is 1.95 bits per heavy atom. The SMILES string of the molecule is CC(=O)c1cc(N)c(OCc2ccccc2)cc1O. The number of ether oxygens (including phenoxy) is 1. The Bertz CT molecular complexity index is 594. The lowest BCUT2D eigenvalue weighted by Crippen LogP contribution is -2.01. The van der Waals surface area contributed by atoms with Crippen LogP contribution in [0.3, 0.4) is 0 Å². The van der Waals surface area contributed by atoms with Gasteiger partial charge in [0.25, 0.3) is 0 Å². The Hall–Kier alpha value is -2.49. The molecule has 0 saturated carbocycles. The number of Topliss-reactive ketones (excluding diaryl/α,β-unsaturated/α-hetero) is 1. The number of carbonyl (C=O) groups is 1. The molecule has 0 fully saturated rings. The predicted octanol–water partition coefficient (Wildman–Crippen LogP) is 2.76. The summed E-state index contributed by atoms with van der Waals surface area (Å²) in [4.78, 5) is 11.3. The molecule has 0 unspecified atom stereocenters. The van der Waals surface area contributed by atoms with Crippen LogP contribution in [0.1, 0.15) is 22.8 Å². The zero-order valence-corrected chi connectivity index (χ0v) is 10.6. The summed E-state index contributed by atoms with van der Waals surface area (Å²) in [6, 6.07) is 12.4. The summed E-state index contributed by atoms with van der Waals surface area (Å²) in [7, 11) is 0. The highest BCUT2D eigenvalue weighted by molar-refractivity contribution is 5.98. The van der Waals surface area contributed by atoms with Crippen LogP contribution in [-0.2, 0) is 6.61 Å². The highest BCUT2D eigenvalue weighted by atomic mass is 16.5. The van der Waals surface area contributed by atoms with E-state index in [0.29, 0.717) is 18.0 Å². The molecule has 0 heterocycles. The van der Waals surface area contributed by atoms with Gasteiger partial charge in [0.15, 0.2) is 5.78 Å². The number of benzene rings is 2. The lowest BCUT2D eigenvalue weighted by atomic mass is 10.1. The van der Waals surface area contributed by atoms with Gasteiger partial charge in [0.2, 0.25) is 0 Å². The Kier molecular flexibility index (Phi) is 3.71. The van der Waals surface area contributed by atoms with Gasteiger partial charge in [-0.25, -0.2) is 0 Å². The van der Waals surface area contributed by atoms with E-state index in [-0.39, 0.29) is 17.1 Å². The van der Waals surface area contributed by atoms with E-state index in [2.05, 4.69) is 0 Å². The molecule has 3 N–H and O–H groups in total. The molecule has 0 aliphatic heterocycles. The van der Waals surface area contributed by atoms with Crippen molar-refractivity contribution < 1.29 is 14.6 Å². The van der Waals surface area contributed by atoms with Crippen LogP contribution in [0.4, 0.5) is 5.69 Å². The van der Waals surface area contributed by atoms with Crippen LogP contribution in [-0.4, -0.2) is 10.9 Å². The lowest BCUT2D eigenvalue weighted by molar-refractivity contribution is 0.101. The molecule has 0 amide bonds. The fraction of sp³-hybridized carbons (Fsp3) is 0.133. The van der Waals surface area contributed by atoms with Gasteiger partial charge in [0.05, 0.1) is 11.3 Å². The van der Waals surface area contributed by atoms with Gasteiger partial charge in [-0.15, -0.1) is 0 Å². The van der Waals surface area contributed by atoms with E-state index in [1.54, 1.807) is 0 Å². The number of nitrogen functional groups attached to an aromatic ring is 1. The van der Waals surface area contributed by atoms with Crippen LogP contribution in [0.5, 0.6) is 11.5 Å². The van der Waals surface area contributed by atoms with Gasteiger partial charge in [-0.3, -0.25) is 4.79 Å². The van der Waals surface area contributed by atoms with Crippen molar-refractivity contribution >= 4 is 11.5 Å². The number of carbonyl (C=O) groups excluding carboxylic acids is 1. The third-order valence-corrected chi connectivity index (χ3v) is 2.74. The Morgan fingerprint density at radius 3 is 2.58 bits per heavy atom. The monoisotopic (exact) mass is 257 g/mol. The Morgan fingerprint density at radius 1 is 1.26 bits per heavy atom. The second-order valence-electron chi connectivity index (χ2n) is 4.24.